The summed E-state index contributed by atoms with van der Waals surface area (Å²) in [5.41, 5.74) is 2.00. The summed E-state index contributed by atoms with van der Waals surface area (Å²) in [6, 6.07) is 11.9. The SMILES string of the molecule is Cn1c2c(ccc1=O)C(C(=O)Cc1cc(F)c([Si](C)(C)C)c(F)c1)N(C(=O)Cn1ncc3ccccc31)CC2. The molecule has 0 saturated carbocycles. The van der Waals surface area contributed by atoms with E-state index in [2.05, 4.69) is 5.10 Å². The summed E-state index contributed by atoms with van der Waals surface area (Å²) in [6.45, 7) is 5.71. The number of pyridine rings is 1. The third-order valence-corrected chi connectivity index (χ3v) is 9.34. The van der Waals surface area contributed by atoms with E-state index >= 15 is 0 Å². The molecular formula is C29H30F2N4O3Si. The van der Waals surface area contributed by atoms with Crippen LogP contribution in [0.25, 0.3) is 10.9 Å². The number of benzene rings is 2. The second-order valence-electron chi connectivity index (χ2n) is 11.1. The maximum absolute atomic E-state index is 15.0. The highest BCUT2D eigenvalue weighted by Gasteiger charge is 2.37. The predicted octanol–water partition coefficient (Wildman–Crippen LogP) is 3.50. The van der Waals surface area contributed by atoms with Crippen LogP contribution in [0.2, 0.25) is 19.6 Å². The first kappa shape index (κ1) is 26.7. The Balaban J connectivity index is 1.50. The number of hydrogen-bond donors (Lipinski definition) is 0. The Labute approximate surface area is 225 Å². The first-order chi connectivity index (χ1) is 18.5. The Kier molecular flexibility index (Phi) is 6.84. The second-order valence-corrected chi connectivity index (χ2v) is 16.1. The average molecular weight is 549 g/mol. The van der Waals surface area contributed by atoms with Crippen molar-refractivity contribution in [2.24, 2.45) is 7.05 Å². The molecule has 0 bridgehead atoms. The van der Waals surface area contributed by atoms with Crippen molar-refractivity contribution >= 4 is 35.9 Å². The molecule has 1 atom stereocenters. The van der Waals surface area contributed by atoms with Crippen molar-refractivity contribution in [1.82, 2.24) is 19.2 Å². The van der Waals surface area contributed by atoms with E-state index in [1.807, 2.05) is 43.9 Å². The molecule has 0 spiro atoms. The molecule has 5 rings (SSSR count). The van der Waals surface area contributed by atoms with Gasteiger partial charge in [-0.3, -0.25) is 19.1 Å². The Morgan fingerprint density at radius 3 is 2.44 bits per heavy atom. The van der Waals surface area contributed by atoms with E-state index in [0.29, 0.717) is 17.7 Å². The number of Topliss-reactive ketones (excluding diaryl/α,β-unsaturated/α-hetero) is 1. The minimum absolute atomic E-state index is 0.0768. The number of amides is 1. The largest absolute Gasteiger partial charge is 0.326 e. The Bertz CT molecular complexity index is 1650. The van der Waals surface area contributed by atoms with Crippen LogP contribution in [0.5, 0.6) is 0 Å². The molecule has 1 aliphatic heterocycles. The normalized spacial score (nSPS) is 15.4. The van der Waals surface area contributed by atoms with E-state index < -0.39 is 25.8 Å². The van der Waals surface area contributed by atoms with Crippen LogP contribution in [0, 0.1) is 11.6 Å². The van der Waals surface area contributed by atoms with Gasteiger partial charge in [0.2, 0.25) is 11.5 Å². The number of halogens is 2. The molecule has 2 aromatic carbocycles. The molecular weight excluding hydrogens is 518 g/mol. The van der Waals surface area contributed by atoms with Crippen LogP contribution in [0.3, 0.4) is 0 Å². The number of fused-ring (bicyclic) bond motifs is 2. The summed E-state index contributed by atoms with van der Waals surface area (Å²) in [6.07, 6.45) is 1.81. The molecule has 10 heteroatoms. The molecule has 4 aromatic rings. The zero-order valence-electron chi connectivity index (χ0n) is 22.4. The highest BCUT2D eigenvalue weighted by molar-refractivity contribution is 6.88. The molecule has 7 nitrogen and oxygen atoms in total. The van der Waals surface area contributed by atoms with Crippen molar-refractivity contribution in [3.8, 4) is 0 Å². The molecule has 2 aromatic heterocycles. The Hall–Kier alpha value is -3.92. The zero-order valence-corrected chi connectivity index (χ0v) is 23.4. The lowest BCUT2D eigenvalue weighted by atomic mass is 9.90. The first-order valence-corrected chi connectivity index (χ1v) is 16.4. The van der Waals surface area contributed by atoms with E-state index in [0.717, 1.165) is 10.9 Å². The van der Waals surface area contributed by atoms with Gasteiger partial charge in [0.15, 0.2) is 5.78 Å². The van der Waals surface area contributed by atoms with Crippen LogP contribution in [0.15, 0.2) is 59.5 Å². The number of aromatic nitrogens is 3. The Morgan fingerprint density at radius 2 is 1.74 bits per heavy atom. The lowest BCUT2D eigenvalue weighted by Crippen LogP contribution is -2.47. The summed E-state index contributed by atoms with van der Waals surface area (Å²) in [7, 11) is -0.647. The van der Waals surface area contributed by atoms with E-state index in [1.54, 1.807) is 24.0 Å². The van der Waals surface area contributed by atoms with Gasteiger partial charge in [0.1, 0.15) is 24.2 Å². The minimum atomic E-state index is -2.28. The maximum Gasteiger partial charge on any atom is 0.250 e. The van der Waals surface area contributed by atoms with Gasteiger partial charge in [-0.15, -0.1) is 0 Å². The fourth-order valence-corrected chi connectivity index (χ4v) is 7.09. The summed E-state index contributed by atoms with van der Waals surface area (Å²) >= 11 is 0. The molecule has 1 amide bonds. The van der Waals surface area contributed by atoms with E-state index in [-0.39, 0.29) is 47.5 Å². The quantitative estimate of drug-likeness (QED) is 0.346. The average Bonchev–Trinajstić information content (AvgIpc) is 3.27. The van der Waals surface area contributed by atoms with Gasteiger partial charge in [0.05, 0.1) is 19.8 Å². The second kappa shape index (κ2) is 9.99. The summed E-state index contributed by atoms with van der Waals surface area (Å²) in [5, 5.41) is 5.33. The van der Waals surface area contributed by atoms with Gasteiger partial charge < -0.3 is 9.47 Å². The van der Waals surface area contributed by atoms with E-state index in [9.17, 15) is 23.2 Å². The number of carbonyl (C=O) groups excluding carboxylic acids is 2. The topological polar surface area (TPSA) is 77.2 Å². The molecule has 0 fully saturated rings. The fourth-order valence-electron chi connectivity index (χ4n) is 5.51. The van der Waals surface area contributed by atoms with E-state index in [4.69, 9.17) is 0 Å². The lowest BCUT2D eigenvalue weighted by Gasteiger charge is -2.37. The summed E-state index contributed by atoms with van der Waals surface area (Å²) in [5.74, 6) is -2.00. The minimum Gasteiger partial charge on any atom is -0.326 e. The van der Waals surface area contributed by atoms with Gasteiger partial charge in [-0.1, -0.05) is 37.8 Å². The third-order valence-electron chi connectivity index (χ3n) is 7.36. The van der Waals surface area contributed by atoms with Crippen molar-refractivity contribution < 1.29 is 18.4 Å². The van der Waals surface area contributed by atoms with Gasteiger partial charge in [-0.05, 0) is 29.8 Å². The van der Waals surface area contributed by atoms with E-state index in [1.165, 1.54) is 27.7 Å². The smallest absolute Gasteiger partial charge is 0.250 e. The molecule has 1 unspecified atom stereocenters. The molecule has 1 aliphatic rings. The molecule has 3 heterocycles. The lowest BCUT2D eigenvalue weighted by molar-refractivity contribution is -0.141. The third kappa shape index (κ3) is 4.96. The van der Waals surface area contributed by atoms with Gasteiger partial charge in [-0.25, -0.2) is 8.78 Å². The van der Waals surface area contributed by atoms with Gasteiger partial charge in [0, 0.05) is 54.3 Å². The number of para-hydroxylation sites is 1. The number of rotatable bonds is 6. The summed E-state index contributed by atoms with van der Waals surface area (Å²) < 4.78 is 33.0. The zero-order chi connectivity index (χ0) is 28.1. The molecule has 0 radical (unpaired) electrons. The van der Waals surface area contributed by atoms with Crippen molar-refractivity contribution in [2.75, 3.05) is 6.54 Å². The van der Waals surface area contributed by atoms with Crippen molar-refractivity contribution in [3.05, 3.63) is 93.5 Å². The van der Waals surface area contributed by atoms with Gasteiger partial charge >= 0.3 is 0 Å². The molecule has 0 aliphatic carbocycles. The fraction of sp³-hybridized carbons (Fsp3) is 0.310. The van der Waals surface area contributed by atoms with Gasteiger partial charge in [0.25, 0.3) is 0 Å². The number of ketones is 1. The van der Waals surface area contributed by atoms with Crippen LogP contribution in [-0.4, -0.2) is 45.6 Å². The molecule has 0 N–H and O–H groups in total. The molecule has 0 saturated heterocycles. The molecule has 202 valence electrons. The highest BCUT2D eigenvalue weighted by Crippen LogP contribution is 2.31. The van der Waals surface area contributed by atoms with Crippen LogP contribution in [0.4, 0.5) is 8.78 Å². The van der Waals surface area contributed by atoms with Crippen LogP contribution >= 0.6 is 0 Å². The molecule has 39 heavy (non-hydrogen) atoms. The monoisotopic (exact) mass is 548 g/mol. The van der Waals surface area contributed by atoms with Crippen molar-refractivity contribution in [1.29, 1.82) is 0 Å². The maximum atomic E-state index is 15.0. The number of hydrogen-bond acceptors (Lipinski definition) is 4. The number of nitrogens with zero attached hydrogens (tertiary/aromatic N) is 4. The summed E-state index contributed by atoms with van der Waals surface area (Å²) in [4.78, 5) is 41.2. The Morgan fingerprint density at radius 1 is 1.05 bits per heavy atom. The van der Waals surface area contributed by atoms with Crippen molar-refractivity contribution in [2.45, 2.75) is 45.1 Å². The van der Waals surface area contributed by atoms with Gasteiger partial charge in [-0.2, -0.15) is 5.10 Å². The highest BCUT2D eigenvalue weighted by atomic mass is 28.3. The van der Waals surface area contributed by atoms with Crippen LogP contribution < -0.4 is 10.7 Å². The standard InChI is InChI=1S/C29H30F2N4O3Si/c1-33-24-11-12-34(27(38)17-35-23-8-6-5-7-19(23)16-32-35)28(20(24)9-10-26(33)37)25(36)15-18-13-21(30)29(22(31)14-18)39(2,3)4/h5-10,13-14,16,28H,11-12,15,17H2,1-4H3. The van der Waals surface area contributed by atoms with Crippen LogP contribution in [0.1, 0.15) is 22.9 Å². The number of carbonyl (C=O) groups is 2. The van der Waals surface area contributed by atoms with Crippen molar-refractivity contribution in [3.63, 3.8) is 0 Å². The predicted molar refractivity (Wildman–Crippen MR) is 148 cm³/mol. The first-order valence-electron chi connectivity index (χ1n) is 12.9. The van der Waals surface area contributed by atoms with Crippen LogP contribution in [-0.2, 0) is 36.0 Å².